The number of carbonyl (C=O) groups excluding carboxylic acids is 1. The summed E-state index contributed by atoms with van der Waals surface area (Å²) in [4.78, 5) is 12.4. The highest BCUT2D eigenvalue weighted by Gasteiger charge is 2.29. The molecule has 1 amide bonds. The number of amides is 1. The van der Waals surface area contributed by atoms with Crippen LogP contribution in [0.3, 0.4) is 0 Å². The first-order chi connectivity index (χ1) is 16.3. The SMILES string of the molecule is O=C(CN(c1ccc(F)cc1)S(=O)(=O)c1ccc2c(c1)OCCO2)NN=Cc1ccccc1O. The predicted octanol–water partition coefficient (Wildman–Crippen LogP) is 2.65. The Morgan fingerprint density at radius 3 is 2.50 bits per heavy atom. The van der Waals surface area contributed by atoms with Gasteiger partial charge in [0.2, 0.25) is 0 Å². The Kier molecular flexibility index (Phi) is 6.64. The van der Waals surface area contributed by atoms with Gasteiger partial charge in [0.25, 0.3) is 15.9 Å². The highest BCUT2D eigenvalue weighted by atomic mass is 32.2. The summed E-state index contributed by atoms with van der Waals surface area (Å²) in [6, 6.07) is 15.2. The van der Waals surface area contributed by atoms with Crippen molar-refractivity contribution < 1.29 is 32.2 Å². The number of phenolic OH excluding ortho intramolecular Hbond substituents is 1. The van der Waals surface area contributed by atoms with Gasteiger partial charge >= 0.3 is 0 Å². The van der Waals surface area contributed by atoms with E-state index in [0.717, 1.165) is 16.4 Å². The van der Waals surface area contributed by atoms with Gasteiger partial charge in [-0.1, -0.05) is 12.1 Å². The lowest BCUT2D eigenvalue weighted by atomic mass is 10.2. The second-order valence-electron chi connectivity index (χ2n) is 7.15. The quantitative estimate of drug-likeness (QED) is 0.393. The lowest BCUT2D eigenvalue weighted by molar-refractivity contribution is -0.119. The molecule has 34 heavy (non-hydrogen) atoms. The highest BCUT2D eigenvalue weighted by Crippen LogP contribution is 2.34. The topological polar surface area (TPSA) is 118 Å². The summed E-state index contributed by atoms with van der Waals surface area (Å²) in [7, 11) is -4.26. The number of hydrazone groups is 1. The Morgan fingerprint density at radius 1 is 1.06 bits per heavy atom. The van der Waals surface area contributed by atoms with Crippen molar-refractivity contribution in [2.75, 3.05) is 24.1 Å². The Balaban J connectivity index is 1.60. The van der Waals surface area contributed by atoms with E-state index in [0.29, 0.717) is 17.9 Å². The molecule has 0 unspecified atom stereocenters. The number of sulfonamides is 1. The third kappa shape index (κ3) is 5.09. The number of carbonyl (C=O) groups is 1. The van der Waals surface area contributed by atoms with Crippen LogP contribution in [-0.2, 0) is 14.8 Å². The van der Waals surface area contributed by atoms with Gasteiger partial charge in [-0.05, 0) is 48.5 Å². The van der Waals surface area contributed by atoms with E-state index in [1.807, 2.05) is 0 Å². The number of anilines is 1. The zero-order chi connectivity index (χ0) is 24.1. The maximum Gasteiger partial charge on any atom is 0.264 e. The van der Waals surface area contributed by atoms with Gasteiger partial charge in [-0.15, -0.1) is 0 Å². The molecule has 0 saturated carbocycles. The minimum Gasteiger partial charge on any atom is -0.507 e. The van der Waals surface area contributed by atoms with Crippen molar-refractivity contribution in [2.45, 2.75) is 4.90 Å². The predicted molar refractivity (Wildman–Crippen MR) is 122 cm³/mol. The first-order valence-corrected chi connectivity index (χ1v) is 11.6. The van der Waals surface area contributed by atoms with E-state index in [1.54, 1.807) is 18.2 Å². The smallest absolute Gasteiger partial charge is 0.264 e. The van der Waals surface area contributed by atoms with Gasteiger partial charge in [0.05, 0.1) is 16.8 Å². The van der Waals surface area contributed by atoms with E-state index in [1.165, 1.54) is 42.6 Å². The number of hydrogen-bond donors (Lipinski definition) is 2. The van der Waals surface area contributed by atoms with Crippen LogP contribution >= 0.6 is 0 Å². The molecule has 3 aromatic rings. The summed E-state index contributed by atoms with van der Waals surface area (Å²) in [5.41, 5.74) is 2.68. The lowest BCUT2D eigenvalue weighted by Crippen LogP contribution is -2.39. The zero-order valence-corrected chi connectivity index (χ0v) is 18.5. The van der Waals surface area contributed by atoms with Gasteiger partial charge in [-0.3, -0.25) is 9.10 Å². The maximum atomic E-state index is 13.5. The van der Waals surface area contributed by atoms with Gasteiger partial charge < -0.3 is 14.6 Å². The van der Waals surface area contributed by atoms with Gasteiger partial charge in [0.1, 0.15) is 31.3 Å². The number of rotatable bonds is 7. The highest BCUT2D eigenvalue weighted by molar-refractivity contribution is 7.92. The van der Waals surface area contributed by atoms with E-state index in [2.05, 4.69) is 10.5 Å². The molecule has 2 N–H and O–H groups in total. The van der Waals surface area contributed by atoms with Crippen LogP contribution in [0, 0.1) is 5.82 Å². The van der Waals surface area contributed by atoms with Gasteiger partial charge in [-0.2, -0.15) is 5.10 Å². The van der Waals surface area contributed by atoms with Crippen LogP contribution < -0.4 is 19.2 Å². The second-order valence-corrected chi connectivity index (χ2v) is 9.01. The Hall–Kier alpha value is -4.12. The number of nitrogens with zero attached hydrogens (tertiary/aromatic N) is 2. The first-order valence-electron chi connectivity index (χ1n) is 10.1. The molecule has 0 aliphatic carbocycles. The molecule has 1 aliphatic heterocycles. The van der Waals surface area contributed by atoms with Crippen molar-refractivity contribution in [2.24, 2.45) is 5.10 Å². The number of nitrogens with one attached hydrogen (secondary N) is 1. The van der Waals surface area contributed by atoms with Crippen molar-refractivity contribution in [1.82, 2.24) is 5.43 Å². The van der Waals surface area contributed by atoms with Crippen molar-refractivity contribution in [3.8, 4) is 17.2 Å². The average molecular weight is 485 g/mol. The second kappa shape index (κ2) is 9.79. The normalized spacial score (nSPS) is 13.0. The van der Waals surface area contributed by atoms with Crippen molar-refractivity contribution >= 4 is 27.8 Å². The number of fused-ring (bicyclic) bond motifs is 1. The molecule has 0 aromatic heterocycles. The molecule has 0 spiro atoms. The van der Waals surface area contributed by atoms with Gasteiger partial charge in [0, 0.05) is 11.6 Å². The number of benzene rings is 3. The zero-order valence-electron chi connectivity index (χ0n) is 17.7. The standard InChI is InChI=1S/C23H20FN3O6S/c24-17-5-7-18(8-6-17)27(15-23(29)26-25-14-16-3-1-2-4-20(16)28)34(30,31)19-9-10-21-22(13-19)33-12-11-32-21/h1-10,13-14,28H,11-12,15H2,(H,26,29). The Bertz CT molecular complexity index is 1330. The van der Waals surface area contributed by atoms with Crippen molar-refractivity contribution in [3.05, 3.63) is 78.1 Å². The minimum absolute atomic E-state index is 0.0328. The average Bonchev–Trinajstić information content (AvgIpc) is 2.84. The van der Waals surface area contributed by atoms with Crippen LogP contribution in [0.15, 0.2) is 76.7 Å². The Morgan fingerprint density at radius 2 is 1.76 bits per heavy atom. The van der Waals surface area contributed by atoms with Crippen LogP contribution in [0.2, 0.25) is 0 Å². The number of ether oxygens (including phenoxy) is 2. The van der Waals surface area contributed by atoms with E-state index < -0.39 is 28.3 Å². The third-order valence-electron chi connectivity index (χ3n) is 4.83. The molecule has 1 heterocycles. The molecule has 0 saturated heterocycles. The van der Waals surface area contributed by atoms with Crippen molar-refractivity contribution in [1.29, 1.82) is 0 Å². The lowest BCUT2D eigenvalue weighted by Gasteiger charge is -2.25. The Labute approximate surface area is 195 Å². The molecule has 4 rings (SSSR count). The summed E-state index contributed by atoms with van der Waals surface area (Å²) in [6.07, 6.45) is 1.23. The number of phenols is 1. The van der Waals surface area contributed by atoms with E-state index >= 15 is 0 Å². The first kappa shape index (κ1) is 23.1. The van der Waals surface area contributed by atoms with Crippen molar-refractivity contribution in [3.63, 3.8) is 0 Å². The largest absolute Gasteiger partial charge is 0.507 e. The van der Waals surface area contributed by atoms with E-state index in [4.69, 9.17) is 9.47 Å². The molecule has 0 fully saturated rings. The summed E-state index contributed by atoms with van der Waals surface area (Å²) >= 11 is 0. The molecular weight excluding hydrogens is 465 g/mol. The molecule has 0 radical (unpaired) electrons. The molecule has 0 bridgehead atoms. The molecule has 11 heteroatoms. The third-order valence-corrected chi connectivity index (χ3v) is 6.60. The fourth-order valence-electron chi connectivity index (χ4n) is 3.17. The number of aromatic hydroxyl groups is 1. The van der Waals surface area contributed by atoms with Gasteiger partial charge in [0.15, 0.2) is 11.5 Å². The number of para-hydroxylation sites is 1. The number of hydrogen-bond acceptors (Lipinski definition) is 7. The molecule has 9 nitrogen and oxygen atoms in total. The maximum absolute atomic E-state index is 13.5. The summed E-state index contributed by atoms with van der Waals surface area (Å²) in [5, 5.41) is 13.5. The molecule has 0 atom stereocenters. The molecule has 1 aliphatic rings. The van der Waals surface area contributed by atoms with Crippen LogP contribution in [0.4, 0.5) is 10.1 Å². The van der Waals surface area contributed by atoms with Crippen LogP contribution in [0.1, 0.15) is 5.56 Å². The fraction of sp³-hybridized carbons (Fsp3) is 0.130. The van der Waals surface area contributed by atoms with Crippen LogP contribution in [-0.4, -0.2) is 45.4 Å². The summed E-state index contributed by atoms with van der Waals surface area (Å²) in [5.74, 6) is -0.665. The van der Waals surface area contributed by atoms with Crippen LogP contribution in [0.5, 0.6) is 17.2 Å². The monoisotopic (exact) mass is 485 g/mol. The number of halogens is 1. The van der Waals surface area contributed by atoms with Crippen LogP contribution in [0.25, 0.3) is 0 Å². The minimum atomic E-state index is -4.26. The summed E-state index contributed by atoms with van der Waals surface area (Å²) < 4.78 is 52.1. The molecule has 3 aromatic carbocycles. The van der Waals surface area contributed by atoms with Gasteiger partial charge in [-0.25, -0.2) is 18.2 Å². The molecular formula is C23H20FN3O6S. The van der Waals surface area contributed by atoms with E-state index in [9.17, 15) is 22.7 Å². The van der Waals surface area contributed by atoms with E-state index in [-0.39, 0.29) is 28.7 Å². The molecule has 176 valence electrons. The summed E-state index contributed by atoms with van der Waals surface area (Å²) in [6.45, 7) is -0.0156. The fourth-order valence-corrected chi connectivity index (χ4v) is 4.61.